The molecule has 0 aliphatic carbocycles. The Kier molecular flexibility index (Phi) is 5.00. The smallest absolute Gasteiger partial charge is 0.364 e. The monoisotopic (exact) mass is 415 g/mol. The fourth-order valence-corrected chi connectivity index (χ4v) is 2.65. The quantitative estimate of drug-likeness (QED) is 0.613. The Morgan fingerprint density at radius 2 is 2.21 bits per heavy atom. The third-order valence-electron chi connectivity index (χ3n) is 3.06. The van der Waals surface area contributed by atoms with Gasteiger partial charge in [-0.05, 0) is 50.7 Å². The molecule has 2 heterocycles. The average Bonchev–Trinajstić information content (AvgIpc) is 3.17. The van der Waals surface area contributed by atoms with E-state index in [1.165, 1.54) is 18.2 Å². The van der Waals surface area contributed by atoms with E-state index in [2.05, 4.69) is 36.7 Å². The van der Waals surface area contributed by atoms with Crippen LogP contribution in [-0.4, -0.2) is 38.6 Å². The maximum atomic E-state index is 13.4. The van der Waals surface area contributed by atoms with Gasteiger partial charge in [0.05, 0.1) is 10.2 Å². The van der Waals surface area contributed by atoms with Gasteiger partial charge in [-0.3, -0.25) is 4.52 Å². The Hall–Kier alpha value is -2.14. The Bertz CT molecular complexity index is 909. The van der Waals surface area contributed by atoms with Crippen LogP contribution in [0, 0.1) is 5.82 Å². The van der Waals surface area contributed by atoms with E-state index < -0.39 is 11.6 Å². The average molecular weight is 416 g/mol. The first-order valence-electron chi connectivity index (χ1n) is 6.71. The van der Waals surface area contributed by atoms with Crippen molar-refractivity contribution in [2.24, 2.45) is 0 Å². The van der Waals surface area contributed by atoms with Crippen LogP contribution in [0.3, 0.4) is 0 Å². The molecule has 0 unspecified atom stereocenters. The van der Waals surface area contributed by atoms with Crippen molar-refractivity contribution in [1.82, 2.24) is 20.0 Å². The lowest BCUT2D eigenvalue weighted by atomic mass is 10.3. The van der Waals surface area contributed by atoms with Crippen LogP contribution in [0.25, 0.3) is 17.2 Å². The van der Waals surface area contributed by atoms with Crippen LogP contribution >= 0.6 is 27.7 Å². The van der Waals surface area contributed by atoms with E-state index in [-0.39, 0.29) is 16.0 Å². The molecular weight excluding hydrogens is 405 g/mol. The zero-order chi connectivity index (χ0) is 17.1. The highest BCUT2D eigenvalue weighted by molar-refractivity contribution is 9.10. The molecular formula is C13H11BrFN5O3S. The number of benzene rings is 1. The number of halogens is 2. The molecule has 3 rings (SSSR count). The summed E-state index contributed by atoms with van der Waals surface area (Å²) < 4.78 is 24.3. The van der Waals surface area contributed by atoms with Crippen molar-refractivity contribution in [2.45, 2.75) is 0 Å². The summed E-state index contributed by atoms with van der Waals surface area (Å²) in [6.45, 7) is 0.632. The van der Waals surface area contributed by atoms with Gasteiger partial charge >= 0.3 is 5.76 Å². The molecule has 2 aromatic heterocycles. The number of nitrogens with one attached hydrogen (secondary N) is 1. The molecule has 24 heavy (non-hydrogen) atoms. The van der Waals surface area contributed by atoms with Crippen molar-refractivity contribution in [1.29, 1.82) is 0 Å². The molecule has 1 aromatic carbocycles. The normalized spacial score (nSPS) is 11.0. The third kappa shape index (κ3) is 3.22. The van der Waals surface area contributed by atoms with E-state index in [9.17, 15) is 9.18 Å². The van der Waals surface area contributed by atoms with Crippen molar-refractivity contribution in [3.8, 4) is 17.2 Å². The molecule has 0 saturated carbocycles. The van der Waals surface area contributed by atoms with Gasteiger partial charge in [-0.15, -0.1) is 0 Å². The highest BCUT2D eigenvalue weighted by atomic mass is 79.9. The van der Waals surface area contributed by atoms with E-state index in [4.69, 9.17) is 9.15 Å². The first-order chi connectivity index (χ1) is 11.6. The van der Waals surface area contributed by atoms with Gasteiger partial charge in [-0.2, -0.15) is 11.8 Å². The van der Waals surface area contributed by atoms with Crippen molar-refractivity contribution in [2.75, 3.05) is 23.9 Å². The van der Waals surface area contributed by atoms with Gasteiger partial charge in [-0.25, -0.2) is 18.4 Å². The van der Waals surface area contributed by atoms with E-state index in [1.807, 2.05) is 6.26 Å². The standard InChI is InChI=1S/C13H11BrFN5O3S/c1-24-5-4-16-11-10(17-23-18-11)12-19-22-13(21)20(12)7-2-3-9(15)8(14)6-7/h2-3,6H,4-5H2,1H3,(H,16,18). The molecule has 126 valence electrons. The lowest BCUT2D eigenvalue weighted by molar-refractivity contribution is 0.309. The minimum absolute atomic E-state index is 0.103. The lowest BCUT2D eigenvalue weighted by Gasteiger charge is -2.05. The molecule has 0 spiro atoms. The summed E-state index contributed by atoms with van der Waals surface area (Å²) in [5, 5.41) is 14.3. The topological polar surface area (TPSA) is 99.0 Å². The molecule has 0 bridgehead atoms. The molecule has 1 N–H and O–H groups in total. The molecule has 0 radical (unpaired) electrons. The van der Waals surface area contributed by atoms with Gasteiger partial charge < -0.3 is 5.32 Å². The van der Waals surface area contributed by atoms with Crippen LogP contribution < -0.4 is 11.1 Å². The maximum absolute atomic E-state index is 13.4. The summed E-state index contributed by atoms with van der Waals surface area (Å²) in [5.74, 6) is 0.107. The van der Waals surface area contributed by atoms with E-state index >= 15 is 0 Å². The van der Waals surface area contributed by atoms with Crippen LogP contribution in [0.5, 0.6) is 0 Å². The van der Waals surface area contributed by atoms with E-state index in [0.29, 0.717) is 18.1 Å². The minimum Gasteiger partial charge on any atom is -0.364 e. The molecule has 0 amide bonds. The SMILES string of the molecule is CSCCNc1nonc1-c1noc(=O)n1-c1ccc(F)c(Br)c1. The molecule has 8 nitrogen and oxygen atoms in total. The van der Waals surface area contributed by atoms with Crippen LogP contribution in [0.1, 0.15) is 0 Å². The van der Waals surface area contributed by atoms with Crippen LogP contribution in [-0.2, 0) is 0 Å². The molecule has 0 saturated heterocycles. The third-order valence-corrected chi connectivity index (χ3v) is 4.29. The number of nitrogens with zero attached hydrogens (tertiary/aromatic N) is 4. The van der Waals surface area contributed by atoms with Gasteiger partial charge in [0.15, 0.2) is 5.69 Å². The second kappa shape index (κ2) is 7.18. The Balaban J connectivity index is 2.04. The zero-order valence-electron chi connectivity index (χ0n) is 12.3. The number of aromatic nitrogens is 4. The first kappa shape index (κ1) is 16.7. The van der Waals surface area contributed by atoms with Crippen LogP contribution in [0.2, 0.25) is 0 Å². The lowest BCUT2D eigenvalue weighted by Crippen LogP contribution is -2.14. The second-order valence-corrected chi connectivity index (χ2v) is 6.43. The largest absolute Gasteiger partial charge is 0.446 e. The molecule has 0 aliphatic rings. The summed E-state index contributed by atoms with van der Waals surface area (Å²) in [7, 11) is 0. The Morgan fingerprint density at radius 1 is 1.38 bits per heavy atom. The van der Waals surface area contributed by atoms with Crippen LogP contribution in [0.15, 0.2) is 36.6 Å². The summed E-state index contributed by atoms with van der Waals surface area (Å²) in [4.78, 5) is 12.0. The molecule has 0 aliphatic heterocycles. The molecule has 0 atom stereocenters. The zero-order valence-corrected chi connectivity index (χ0v) is 14.7. The number of thioether (sulfide) groups is 1. The summed E-state index contributed by atoms with van der Waals surface area (Å²) in [6, 6.07) is 4.09. The van der Waals surface area contributed by atoms with Gasteiger partial charge in [0.1, 0.15) is 5.82 Å². The van der Waals surface area contributed by atoms with Gasteiger partial charge in [0, 0.05) is 12.3 Å². The number of hydrogen-bond donors (Lipinski definition) is 1. The fourth-order valence-electron chi connectivity index (χ4n) is 1.97. The van der Waals surface area contributed by atoms with Crippen molar-refractivity contribution >= 4 is 33.5 Å². The van der Waals surface area contributed by atoms with E-state index in [0.717, 1.165) is 10.3 Å². The van der Waals surface area contributed by atoms with Crippen molar-refractivity contribution < 1.29 is 13.5 Å². The predicted molar refractivity (Wildman–Crippen MR) is 89.9 cm³/mol. The van der Waals surface area contributed by atoms with Crippen LogP contribution in [0.4, 0.5) is 10.2 Å². The molecule has 11 heteroatoms. The summed E-state index contributed by atoms with van der Waals surface area (Å²) in [5.41, 5.74) is 0.588. The molecule has 0 fully saturated rings. The maximum Gasteiger partial charge on any atom is 0.446 e. The first-order valence-corrected chi connectivity index (χ1v) is 8.90. The summed E-state index contributed by atoms with van der Waals surface area (Å²) in [6.07, 6.45) is 1.98. The fraction of sp³-hybridized carbons (Fsp3) is 0.231. The summed E-state index contributed by atoms with van der Waals surface area (Å²) >= 11 is 4.74. The highest BCUT2D eigenvalue weighted by Gasteiger charge is 2.22. The number of anilines is 1. The van der Waals surface area contributed by atoms with Gasteiger partial charge in [0.25, 0.3) is 0 Å². The van der Waals surface area contributed by atoms with E-state index in [1.54, 1.807) is 11.8 Å². The number of hydrogen-bond acceptors (Lipinski definition) is 8. The second-order valence-electron chi connectivity index (χ2n) is 4.59. The van der Waals surface area contributed by atoms with Gasteiger partial charge in [0.2, 0.25) is 11.6 Å². The minimum atomic E-state index is -0.735. The predicted octanol–water partition coefficient (Wildman–Crippen LogP) is 2.55. The molecule has 3 aromatic rings. The van der Waals surface area contributed by atoms with Crippen molar-refractivity contribution in [3.63, 3.8) is 0 Å². The number of rotatable bonds is 6. The van der Waals surface area contributed by atoms with Gasteiger partial charge in [-0.1, -0.05) is 5.16 Å². The Labute approximate surface area is 147 Å². The van der Waals surface area contributed by atoms with Crippen molar-refractivity contribution in [3.05, 3.63) is 39.0 Å². The Morgan fingerprint density at radius 3 is 2.96 bits per heavy atom. The highest BCUT2D eigenvalue weighted by Crippen LogP contribution is 2.26.